The Morgan fingerprint density at radius 2 is 1.77 bits per heavy atom. The van der Waals surface area contributed by atoms with Crippen LogP contribution in [0.4, 0.5) is 0 Å². The van der Waals surface area contributed by atoms with Crippen molar-refractivity contribution in [2.75, 3.05) is 0 Å². The summed E-state index contributed by atoms with van der Waals surface area (Å²) in [6.07, 6.45) is 5.91. The predicted octanol–water partition coefficient (Wildman–Crippen LogP) is 5.58. The third-order valence-corrected chi connectivity index (χ3v) is 7.17. The Morgan fingerprint density at radius 1 is 1.04 bits per heavy atom. The Kier molecular flexibility index (Phi) is 5.56. The highest BCUT2D eigenvalue weighted by atomic mass is 32.2. The van der Waals surface area contributed by atoms with Crippen molar-refractivity contribution in [3.63, 3.8) is 0 Å². The first-order valence-electron chi connectivity index (χ1n) is 9.17. The van der Waals surface area contributed by atoms with E-state index in [0.717, 1.165) is 33.0 Å². The molecule has 26 heavy (non-hydrogen) atoms. The van der Waals surface area contributed by atoms with Gasteiger partial charge in [0.15, 0.2) is 4.34 Å². The molecule has 0 bridgehead atoms. The molecule has 0 spiro atoms. The fraction of sp³-hybridized carbons (Fsp3) is 0.333. The van der Waals surface area contributed by atoms with Gasteiger partial charge < -0.3 is 5.32 Å². The van der Waals surface area contributed by atoms with Gasteiger partial charge in [-0.3, -0.25) is 4.79 Å². The van der Waals surface area contributed by atoms with Gasteiger partial charge in [0, 0.05) is 6.04 Å². The molecule has 1 aliphatic rings. The fourth-order valence-electron chi connectivity index (χ4n) is 3.43. The van der Waals surface area contributed by atoms with Crippen LogP contribution in [0.2, 0.25) is 0 Å². The monoisotopic (exact) mass is 382 g/mol. The molecule has 1 aliphatic carbocycles. The van der Waals surface area contributed by atoms with Crippen LogP contribution >= 0.6 is 23.1 Å². The van der Waals surface area contributed by atoms with Crippen molar-refractivity contribution in [3.05, 3.63) is 60.2 Å². The number of thioether (sulfide) groups is 1. The molecule has 1 N–H and O–H groups in total. The maximum Gasteiger partial charge on any atom is 0.238 e. The molecule has 134 valence electrons. The van der Waals surface area contributed by atoms with Crippen molar-refractivity contribution in [2.45, 2.75) is 47.7 Å². The first-order chi connectivity index (χ1) is 12.8. The molecule has 1 atom stereocenters. The Morgan fingerprint density at radius 3 is 2.54 bits per heavy atom. The van der Waals surface area contributed by atoms with Crippen molar-refractivity contribution in [2.24, 2.45) is 0 Å². The second-order valence-corrected chi connectivity index (χ2v) is 9.08. The molecule has 1 heterocycles. The van der Waals surface area contributed by atoms with Gasteiger partial charge in [0.25, 0.3) is 0 Å². The van der Waals surface area contributed by atoms with Crippen molar-refractivity contribution in [3.8, 4) is 0 Å². The lowest BCUT2D eigenvalue weighted by Crippen LogP contribution is -2.38. The molecule has 4 rings (SSSR count). The molecular formula is C21H22N2OS2. The van der Waals surface area contributed by atoms with Gasteiger partial charge in [-0.15, -0.1) is 11.3 Å². The first kappa shape index (κ1) is 17.6. The lowest BCUT2D eigenvalue weighted by molar-refractivity contribution is -0.121. The molecule has 0 radical (unpaired) electrons. The van der Waals surface area contributed by atoms with E-state index in [1.165, 1.54) is 19.3 Å². The highest BCUT2D eigenvalue weighted by Gasteiger charge is 2.26. The molecule has 1 amide bonds. The molecular weight excluding hydrogens is 360 g/mol. The Balaban J connectivity index is 1.57. The summed E-state index contributed by atoms with van der Waals surface area (Å²) in [4.78, 5) is 17.8. The van der Waals surface area contributed by atoms with Gasteiger partial charge >= 0.3 is 0 Å². The van der Waals surface area contributed by atoms with Gasteiger partial charge in [-0.1, -0.05) is 73.5 Å². The molecule has 1 saturated carbocycles. The number of hydrogen-bond acceptors (Lipinski definition) is 4. The van der Waals surface area contributed by atoms with Gasteiger partial charge in [0.1, 0.15) is 5.25 Å². The molecule has 0 unspecified atom stereocenters. The normalized spacial score (nSPS) is 16.5. The van der Waals surface area contributed by atoms with Crippen LogP contribution in [0, 0.1) is 0 Å². The van der Waals surface area contributed by atoms with Gasteiger partial charge in [0.2, 0.25) is 5.91 Å². The number of carbonyl (C=O) groups excluding carboxylic acids is 1. The van der Waals surface area contributed by atoms with E-state index >= 15 is 0 Å². The summed E-state index contributed by atoms with van der Waals surface area (Å²) >= 11 is 3.22. The summed E-state index contributed by atoms with van der Waals surface area (Å²) in [6, 6.07) is 18.5. The number of rotatable bonds is 5. The zero-order chi connectivity index (χ0) is 17.8. The van der Waals surface area contributed by atoms with Gasteiger partial charge in [-0.05, 0) is 30.5 Å². The Bertz CT molecular complexity index is 839. The summed E-state index contributed by atoms with van der Waals surface area (Å²) in [5, 5.41) is 3.02. The van der Waals surface area contributed by atoms with E-state index in [9.17, 15) is 4.79 Å². The van der Waals surface area contributed by atoms with Crippen LogP contribution in [0.5, 0.6) is 0 Å². The van der Waals surface area contributed by atoms with E-state index in [4.69, 9.17) is 4.98 Å². The highest BCUT2D eigenvalue weighted by molar-refractivity contribution is 8.02. The van der Waals surface area contributed by atoms with Gasteiger partial charge in [0.05, 0.1) is 10.2 Å². The number of thiazole rings is 1. The van der Waals surface area contributed by atoms with Crippen LogP contribution in [0.25, 0.3) is 10.2 Å². The van der Waals surface area contributed by atoms with E-state index in [2.05, 4.69) is 11.4 Å². The Labute approximate surface area is 162 Å². The summed E-state index contributed by atoms with van der Waals surface area (Å²) in [6.45, 7) is 0. The number of aromatic nitrogens is 1. The number of carbonyl (C=O) groups is 1. The summed E-state index contributed by atoms with van der Waals surface area (Å²) in [5.41, 5.74) is 2.03. The number of nitrogens with zero attached hydrogens (tertiary/aromatic N) is 1. The fourth-order valence-corrected chi connectivity index (χ4v) is 5.70. The number of amides is 1. The van der Waals surface area contributed by atoms with Crippen LogP contribution in [0.1, 0.15) is 42.9 Å². The molecule has 0 aliphatic heterocycles. The topological polar surface area (TPSA) is 42.0 Å². The zero-order valence-corrected chi connectivity index (χ0v) is 16.2. The third-order valence-electron chi connectivity index (χ3n) is 4.78. The average molecular weight is 383 g/mol. The van der Waals surface area contributed by atoms with Crippen molar-refractivity contribution in [1.82, 2.24) is 10.3 Å². The minimum Gasteiger partial charge on any atom is -0.352 e. The second kappa shape index (κ2) is 8.23. The van der Waals surface area contributed by atoms with E-state index in [-0.39, 0.29) is 11.2 Å². The van der Waals surface area contributed by atoms with E-state index in [0.29, 0.717) is 6.04 Å². The SMILES string of the molecule is O=C(NC1CCCCC1)[C@H](Sc1nc2ccccc2s1)c1ccccc1. The molecule has 3 aromatic rings. The largest absolute Gasteiger partial charge is 0.352 e. The van der Waals surface area contributed by atoms with Crippen molar-refractivity contribution in [1.29, 1.82) is 0 Å². The molecule has 1 aromatic heterocycles. The molecule has 2 aromatic carbocycles. The van der Waals surface area contributed by atoms with Crippen LogP contribution in [-0.2, 0) is 4.79 Å². The third kappa shape index (κ3) is 4.10. The van der Waals surface area contributed by atoms with Crippen LogP contribution in [0.3, 0.4) is 0 Å². The van der Waals surface area contributed by atoms with E-state index < -0.39 is 0 Å². The molecule has 5 heteroatoms. The molecule has 3 nitrogen and oxygen atoms in total. The van der Waals surface area contributed by atoms with Crippen molar-refractivity contribution < 1.29 is 4.79 Å². The van der Waals surface area contributed by atoms with Crippen LogP contribution < -0.4 is 5.32 Å². The number of nitrogens with one attached hydrogen (secondary N) is 1. The molecule has 0 saturated heterocycles. The first-order valence-corrected chi connectivity index (χ1v) is 10.9. The summed E-state index contributed by atoms with van der Waals surface area (Å²) < 4.78 is 2.10. The zero-order valence-electron chi connectivity index (χ0n) is 14.6. The minimum atomic E-state index is -0.265. The molecule has 1 fully saturated rings. The lowest BCUT2D eigenvalue weighted by Gasteiger charge is -2.25. The maximum atomic E-state index is 13.1. The van der Waals surface area contributed by atoms with E-state index in [1.54, 1.807) is 23.1 Å². The average Bonchev–Trinajstić information content (AvgIpc) is 3.10. The number of para-hydroxylation sites is 1. The van der Waals surface area contributed by atoms with Crippen molar-refractivity contribution >= 4 is 39.2 Å². The second-order valence-electron chi connectivity index (χ2n) is 6.70. The maximum absolute atomic E-state index is 13.1. The number of fused-ring (bicyclic) bond motifs is 1. The van der Waals surface area contributed by atoms with Gasteiger partial charge in [-0.2, -0.15) is 0 Å². The van der Waals surface area contributed by atoms with Gasteiger partial charge in [-0.25, -0.2) is 4.98 Å². The lowest BCUT2D eigenvalue weighted by atomic mass is 9.95. The predicted molar refractivity (Wildman–Crippen MR) is 110 cm³/mol. The number of benzene rings is 2. The minimum absolute atomic E-state index is 0.104. The summed E-state index contributed by atoms with van der Waals surface area (Å²) in [5.74, 6) is 0.104. The quantitative estimate of drug-likeness (QED) is 0.586. The number of hydrogen-bond donors (Lipinski definition) is 1. The summed E-state index contributed by atoms with van der Waals surface area (Å²) in [7, 11) is 0. The highest BCUT2D eigenvalue weighted by Crippen LogP contribution is 2.39. The van der Waals surface area contributed by atoms with Crippen LogP contribution in [0.15, 0.2) is 58.9 Å². The van der Waals surface area contributed by atoms with E-state index in [1.807, 2.05) is 48.5 Å². The smallest absolute Gasteiger partial charge is 0.238 e. The van der Waals surface area contributed by atoms with Crippen LogP contribution in [-0.4, -0.2) is 16.9 Å². The standard InChI is InChI=1S/C21H22N2OS2/c24-20(22-16-11-5-2-6-12-16)19(15-9-3-1-4-10-15)26-21-23-17-13-7-8-14-18(17)25-21/h1,3-4,7-10,13-14,16,19H,2,5-6,11-12H2,(H,22,24)/t19-/m1/s1. The Hall–Kier alpha value is -1.85.